The van der Waals surface area contributed by atoms with E-state index in [0.717, 1.165) is 5.56 Å². The Morgan fingerprint density at radius 1 is 0.875 bits per heavy atom. The molecule has 0 aliphatic carbocycles. The minimum Gasteiger partial charge on any atom is -0.434 e. The van der Waals surface area contributed by atoms with Gasteiger partial charge in [0.2, 0.25) is 0 Å². The van der Waals surface area contributed by atoms with Gasteiger partial charge in [0.05, 0.1) is 6.61 Å². The number of benzene rings is 3. The van der Waals surface area contributed by atoms with Gasteiger partial charge in [-0.1, -0.05) is 29.8 Å². The van der Waals surface area contributed by atoms with Crippen molar-refractivity contribution in [1.29, 1.82) is 0 Å². The van der Waals surface area contributed by atoms with Gasteiger partial charge in [0, 0.05) is 28.4 Å². The average Bonchev–Trinajstić information content (AvgIpc) is 2.78. The van der Waals surface area contributed by atoms with Crippen LogP contribution in [0.1, 0.15) is 33.2 Å². The van der Waals surface area contributed by atoms with Crippen LogP contribution >= 0.6 is 11.6 Å². The molecule has 0 saturated heterocycles. The predicted octanol–water partition coefficient (Wildman–Crippen LogP) is 5.06. The molecule has 0 aliphatic rings. The summed E-state index contributed by atoms with van der Waals surface area (Å²) in [7, 11) is 0. The van der Waals surface area contributed by atoms with E-state index in [9.17, 15) is 14.4 Å². The van der Waals surface area contributed by atoms with E-state index in [-0.39, 0.29) is 30.7 Å². The molecule has 2 amide bonds. The molecule has 7 nitrogen and oxygen atoms in total. The van der Waals surface area contributed by atoms with Gasteiger partial charge in [0.25, 0.3) is 11.8 Å². The molecule has 0 spiro atoms. The maximum atomic E-state index is 12.5. The molecule has 8 heteroatoms. The lowest BCUT2D eigenvalue weighted by Gasteiger charge is -2.10. The third-order valence-corrected chi connectivity index (χ3v) is 4.54. The summed E-state index contributed by atoms with van der Waals surface area (Å²) >= 11 is 5.92. The SMILES string of the molecule is CCOC(=O)Oc1ccc(C(=O)Nc2cccc(CNC(=O)c3cccc(Cl)c3)c2)cc1. The number of hydrogen-bond acceptors (Lipinski definition) is 5. The van der Waals surface area contributed by atoms with E-state index in [1.54, 1.807) is 61.5 Å². The van der Waals surface area contributed by atoms with Crippen molar-refractivity contribution in [1.82, 2.24) is 5.32 Å². The third kappa shape index (κ3) is 6.58. The number of rotatable bonds is 7. The fourth-order valence-electron chi connectivity index (χ4n) is 2.79. The lowest BCUT2D eigenvalue weighted by atomic mass is 10.1. The van der Waals surface area contributed by atoms with Crippen molar-refractivity contribution in [2.24, 2.45) is 0 Å². The van der Waals surface area contributed by atoms with Gasteiger partial charge in [0.15, 0.2) is 0 Å². The Labute approximate surface area is 190 Å². The monoisotopic (exact) mass is 452 g/mol. The van der Waals surface area contributed by atoms with E-state index in [2.05, 4.69) is 10.6 Å². The molecule has 164 valence electrons. The van der Waals surface area contributed by atoms with Gasteiger partial charge in [-0.3, -0.25) is 9.59 Å². The molecular formula is C24H21ClN2O5. The highest BCUT2D eigenvalue weighted by Crippen LogP contribution is 2.16. The Balaban J connectivity index is 1.57. The van der Waals surface area contributed by atoms with Gasteiger partial charge in [-0.15, -0.1) is 0 Å². The Morgan fingerprint density at radius 2 is 1.62 bits per heavy atom. The van der Waals surface area contributed by atoms with Crippen molar-refractivity contribution < 1.29 is 23.9 Å². The zero-order valence-electron chi connectivity index (χ0n) is 17.3. The third-order valence-electron chi connectivity index (χ3n) is 4.30. The Bertz CT molecular complexity index is 1120. The number of carbonyl (C=O) groups excluding carboxylic acids is 3. The van der Waals surface area contributed by atoms with Crippen molar-refractivity contribution in [2.45, 2.75) is 13.5 Å². The molecule has 0 fully saturated rings. The first kappa shape index (κ1) is 22.8. The molecular weight excluding hydrogens is 432 g/mol. The molecule has 0 unspecified atom stereocenters. The van der Waals surface area contributed by atoms with Crippen molar-refractivity contribution >= 4 is 35.3 Å². The van der Waals surface area contributed by atoms with Gasteiger partial charge in [-0.05, 0) is 67.1 Å². The summed E-state index contributed by atoms with van der Waals surface area (Å²) in [6.45, 7) is 2.18. The van der Waals surface area contributed by atoms with Crippen LogP contribution in [0.3, 0.4) is 0 Å². The van der Waals surface area contributed by atoms with Crippen LogP contribution in [0.4, 0.5) is 10.5 Å². The molecule has 32 heavy (non-hydrogen) atoms. The highest BCUT2D eigenvalue weighted by atomic mass is 35.5. The van der Waals surface area contributed by atoms with Crippen LogP contribution in [0.15, 0.2) is 72.8 Å². The minimum atomic E-state index is -0.802. The van der Waals surface area contributed by atoms with E-state index in [1.807, 2.05) is 6.07 Å². The topological polar surface area (TPSA) is 93.7 Å². The molecule has 0 bridgehead atoms. The maximum absolute atomic E-state index is 12.5. The molecule has 3 aromatic rings. The predicted molar refractivity (Wildman–Crippen MR) is 121 cm³/mol. The van der Waals surface area contributed by atoms with Crippen LogP contribution in [0.2, 0.25) is 5.02 Å². The number of nitrogens with one attached hydrogen (secondary N) is 2. The molecule has 0 radical (unpaired) electrons. The van der Waals surface area contributed by atoms with Gasteiger partial charge in [-0.25, -0.2) is 4.79 Å². The zero-order valence-corrected chi connectivity index (χ0v) is 18.0. The average molecular weight is 453 g/mol. The summed E-state index contributed by atoms with van der Waals surface area (Å²) in [5.41, 5.74) is 2.26. The van der Waals surface area contributed by atoms with Crippen LogP contribution < -0.4 is 15.4 Å². The summed E-state index contributed by atoms with van der Waals surface area (Å²) in [6, 6.07) is 19.9. The van der Waals surface area contributed by atoms with Crippen LogP contribution in [-0.2, 0) is 11.3 Å². The summed E-state index contributed by atoms with van der Waals surface area (Å²) in [5.74, 6) is -0.294. The van der Waals surface area contributed by atoms with Crippen molar-refractivity contribution in [3.8, 4) is 5.75 Å². The van der Waals surface area contributed by atoms with Crippen molar-refractivity contribution in [2.75, 3.05) is 11.9 Å². The molecule has 0 atom stereocenters. The molecule has 3 rings (SSSR count). The summed E-state index contributed by atoms with van der Waals surface area (Å²) in [6.07, 6.45) is -0.802. The molecule has 0 aliphatic heterocycles. The van der Waals surface area contributed by atoms with Gasteiger partial charge in [0.1, 0.15) is 5.75 Å². The first-order valence-electron chi connectivity index (χ1n) is 9.83. The molecule has 0 saturated carbocycles. The minimum absolute atomic E-state index is 0.211. The fraction of sp³-hybridized carbons (Fsp3) is 0.125. The highest BCUT2D eigenvalue weighted by Gasteiger charge is 2.10. The Morgan fingerprint density at radius 3 is 2.34 bits per heavy atom. The van der Waals surface area contributed by atoms with Crippen LogP contribution in [0.5, 0.6) is 5.75 Å². The number of anilines is 1. The number of ether oxygens (including phenoxy) is 2. The zero-order chi connectivity index (χ0) is 22.9. The van der Waals surface area contributed by atoms with E-state index in [1.165, 1.54) is 12.1 Å². The van der Waals surface area contributed by atoms with E-state index < -0.39 is 6.16 Å². The smallest absolute Gasteiger partial charge is 0.434 e. The quantitative estimate of drug-likeness (QED) is 0.386. The van der Waals surface area contributed by atoms with Gasteiger partial charge >= 0.3 is 6.16 Å². The lowest BCUT2D eigenvalue weighted by Crippen LogP contribution is -2.22. The largest absolute Gasteiger partial charge is 0.513 e. The second-order valence-corrected chi connectivity index (χ2v) is 7.09. The van der Waals surface area contributed by atoms with Crippen LogP contribution in [0, 0.1) is 0 Å². The van der Waals surface area contributed by atoms with Gasteiger partial charge < -0.3 is 20.1 Å². The molecule has 3 aromatic carbocycles. The van der Waals surface area contributed by atoms with Crippen LogP contribution in [-0.4, -0.2) is 24.6 Å². The second-order valence-electron chi connectivity index (χ2n) is 6.66. The highest BCUT2D eigenvalue weighted by molar-refractivity contribution is 6.30. The standard InChI is InChI=1S/C24H21ClN2O5/c1-2-31-24(30)32-21-11-9-17(10-12-21)23(29)27-20-8-3-5-16(13-20)15-26-22(28)18-6-4-7-19(25)14-18/h3-14H,2,15H2,1H3,(H,26,28)(H,27,29). The summed E-state index contributed by atoms with van der Waals surface area (Å²) in [4.78, 5) is 36.1. The lowest BCUT2D eigenvalue weighted by molar-refractivity contribution is 0.0949. The maximum Gasteiger partial charge on any atom is 0.513 e. The molecule has 0 aromatic heterocycles. The fourth-order valence-corrected chi connectivity index (χ4v) is 2.98. The second kappa shape index (κ2) is 11.0. The number of hydrogen-bond donors (Lipinski definition) is 2. The molecule has 2 N–H and O–H groups in total. The number of halogens is 1. The normalized spacial score (nSPS) is 10.2. The van der Waals surface area contributed by atoms with E-state index >= 15 is 0 Å². The van der Waals surface area contributed by atoms with Gasteiger partial charge in [-0.2, -0.15) is 0 Å². The first-order chi connectivity index (χ1) is 15.4. The number of carbonyl (C=O) groups is 3. The molecule has 0 heterocycles. The summed E-state index contributed by atoms with van der Waals surface area (Å²) < 4.78 is 9.68. The Kier molecular flexibility index (Phi) is 7.83. The Hall–Kier alpha value is -3.84. The number of amides is 2. The van der Waals surface area contributed by atoms with Crippen LogP contribution in [0.25, 0.3) is 0 Å². The summed E-state index contributed by atoms with van der Waals surface area (Å²) in [5, 5.41) is 6.12. The van der Waals surface area contributed by atoms with Crippen molar-refractivity contribution in [3.05, 3.63) is 94.5 Å². The van der Waals surface area contributed by atoms with E-state index in [0.29, 0.717) is 21.8 Å². The van der Waals surface area contributed by atoms with Crippen molar-refractivity contribution in [3.63, 3.8) is 0 Å². The first-order valence-corrected chi connectivity index (χ1v) is 10.2. The van der Waals surface area contributed by atoms with E-state index in [4.69, 9.17) is 21.1 Å².